The molecular formula is C12H13F4N. The molecule has 1 rings (SSSR count). The highest BCUT2D eigenvalue weighted by molar-refractivity contribution is 5.51. The van der Waals surface area contributed by atoms with Crippen molar-refractivity contribution in [2.75, 3.05) is 13.1 Å². The summed E-state index contributed by atoms with van der Waals surface area (Å²) >= 11 is 0. The summed E-state index contributed by atoms with van der Waals surface area (Å²) in [6.07, 6.45) is -1.44. The third-order valence-electron chi connectivity index (χ3n) is 2.12. The van der Waals surface area contributed by atoms with Crippen LogP contribution in [0.4, 0.5) is 17.6 Å². The fourth-order valence-corrected chi connectivity index (χ4v) is 1.29. The molecule has 0 spiro atoms. The molecule has 94 valence electrons. The van der Waals surface area contributed by atoms with Crippen LogP contribution in [0, 0.1) is 5.82 Å². The van der Waals surface area contributed by atoms with Crippen LogP contribution in [0.15, 0.2) is 24.3 Å². The van der Waals surface area contributed by atoms with E-state index >= 15 is 0 Å². The zero-order chi connectivity index (χ0) is 12.9. The summed E-state index contributed by atoms with van der Waals surface area (Å²) in [5, 5.41) is 2.99. The number of nitrogens with one attached hydrogen (secondary N) is 1. The molecule has 0 saturated heterocycles. The monoisotopic (exact) mass is 247 g/mol. The van der Waals surface area contributed by atoms with Gasteiger partial charge >= 0.3 is 6.18 Å². The minimum atomic E-state index is -4.66. The Morgan fingerprint density at radius 3 is 2.59 bits per heavy atom. The van der Waals surface area contributed by atoms with Crippen molar-refractivity contribution in [3.05, 3.63) is 41.2 Å². The van der Waals surface area contributed by atoms with Gasteiger partial charge in [0.25, 0.3) is 0 Å². The van der Waals surface area contributed by atoms with E-state index in [1.165, 1.54) is 12.1 Å². The van der Waals surface area contributed by atoms with Gasteiger partial charge in [-0.1, -0.05) is 25.1 Å². The standard InChI is InChI=1S/C12H13F4N/c1-2-17-7-3-4-9-5-6-11(13)10(8-9)12(14,15)16/h3-6,8,17H,2,7H2,1H3/b4-3+. The van der Waals surface area contributed by atoms with Crippen molar-refractivity contribution in [2.45, 2.75) is 13.1 Å². The fraction of sp³-hybridized carbons (Fsp3) is 0.333. The minimum absolute atomic E-state index is 0.330. The Labute approximate surface area is 97.1 Å². The van der Waals surface area contributed by atoms with Crippen LogP contribution in [0.5, 0.6) is 0 Å². The number of benzene rings is 1. The maximum absolute atomic E-state index is 13.0. The number of hydrogen-bond donors (Lipinski definition) is 1. The Morgan fingerprint density at radius 2 is 2.00 bits per heavy atom. The zero-order valence-electron chi connectivity index (χ0n) is 9.31. The first kappa shape index (κ1) is 13.7. The zero-order valence-corrected chi connectivity index (χ0v) is 9.31. The van der Waals surface area contributed by atoms with Gasteiger partial charge in [0.15, 0.2) is 0 Å². The molecule has 0 aliphatic carbocycles. The van der Waals surface area contributed by atoms with Crippen LogP contribution in [0.25, 0.3) is 6.08 Å². The number of halogens is 4. The third kappa shape index (κ3) is 4.19. The van der Waals surface area contributed by atoms with Crippen molar-refractivity contribution in [1.29, 1.82) is 0 Å². The predicted octanol–water partition coefficient (Wildman–Crippen LogP) is 3.47. The van der Waals surface area contributed by atoms with Crippen LogP contribution in [-0.4, -0.2) is 13.1 Å². The number of alkyl halides is 3. The molecule has 0 amide bonds. The van der Waals surface area contributed by atoms with E-state index in [-0.39, 0.29) is 0 Å². The first-order valence-electron chi connectivity index (χ1n) is 5.19. The van der Waals surface area contributed by atoms with E-state index in [4.69, 9.17) is 0 Å². The smallest absolute Gasteiger partial charge is 0.314 e. The highest BCUT2D eigenvalue weighted by atomic mass is 19.4. The topological polar surface area (TPSA) is 12.0 Å². The molecule has 0 aliphatic rings. The molecule has 1 aromatic rings. The van der Waals surface area contributed by atoms with Gasteiger partial charge in [-0.15, -0.1) is 0 Å². The van der Waals surface area contributed by atoms with Gasteiger partial charge in [-0.2, -0.15) is 13.2 Å². The fourth-order valence-electron chi connectivity index (χ4n) is 1.29. The van der Waals surface area contributed by atoms with Crippen molar-refractivity contribution in [3.8, 4) is 0 Å². The van der Waals surface area contributed by atoms with Crippen LogP contribution in [0.1, 0.15) is 18.1 Å². The van der Waals surface area contributed by atoms with Crippen LogP contribution >= 0.6 is 0 Å². The Morgan fingerprint density at radius 1 is 1.29 bits per heavy atom. The van der Waals surface area contributed by atoms with Gasteiger partial charge in [0.1, 0.15) is 5.82 Å². The van der Waals surface area contributed by atoms with Crippen molar-refractivity contribution in [2.24, 2.45) is 0 Å². The molecule has 0 fully saturated rings. The maximum Gasteiger partial charge on any atom is 0.419 e. The molecule has 1 aromatic carbocycles. The van der Waals surface area contributed by atoms with Crippen molar-refractivity contribution >= 4 is 6.08 Å². The predicted molar refractivity (Wildman–Crippen MR) is 59.0 cm³/mol. The van der Waals surface area contributed by atoms with E-state index in [0.717, 1.165) is 18.7 Å². The minimum Gasteiger partial charge on any atom is -0.314 e. The van der Waals surface area contributed by atoms with Crippen LogP contribution in [-0.2, 0) is 6.18 Å². The lowest BCUT2D eigenvalue weighted by molar-refractivity contribution is -0.140. The summed E-state index contributed by atoms with van der Waals surface area (Å²) in [6.45, 7) is 3.27. The highest BCUT2D eigenvalue weighted by Gasteiger charge is 2.33. The summed E-state index contributed by atoms with van der Waals surface area (Å²) in [5.41, 5.74) is -0.903. The van der Waals surface area contributed by atoms with Gasteiger partial charge in [0.05, 0.1) is 5.56 Å². The second-order valence-corrected chi connectivity index (χ2v) is 3.45. The second kappa shape index (κ2) is 5.82. The molecule has 0 bridgehead atoms. The van der Waals surface area contributed by atoms with Gasteiger partial charge in [-0.25, -0.2) is 4.39 Å². The maximum atomic E-state index is 13.0. The molecular weight excluding hydrogens is 234 g/mol. The second-order valence-electron chi connectivity index (χ2n) is 3.45. The van der Waals surface area contributed by atoms with E-state index in [0.29, 0.717) is 12.1 Å². The first-order chi connectivity index (χ1) is 7.95. The molecule has 0 radical (unpaired) electrons. The average molecular weight is 247 g/mol. The molecule has 5 heteroatoms. The van der Waals surface area contributed by atoms with Gasteiger partial charge < -0.3 is 5.32 Å². The molecule has 0 atom stereocenters. The molecule has 0 heterocycles. The molecule has 0 unspecified atom stereocenters. The van der Waals surface area contributed by atoms with Gasteiger partial charge in [-0.3, -0.25) is 0 Å². The third-order valence-corrected chi connectivity index (χ3v) is 2.12. The Kier molecular flexibility index (Phi) is 4.69. The number of rotatable bonds is 4. The number of likely N-dealkylation sites (N-methyl/N-ethyl adjacent to an activating group) is 1. The van der Waals surface area contributed by atoms with Gasteiger partial charge in [-0.05, 0) is 24.2 Å². The lowest BCUT2D eigenvalue weighted by atomic mass is 10.1. The Bertz CT molecular complexity index is 396. The summed E-state index contributed by atoms with van der Waals surface area (Å²) < 4.78 is 50.1. The van der Waals surface area contributed by atoms with Gasteiger partial charge in [0, 0.05) is 6.54 Å². The molecule has 0 aliphatic heterocycles. The van der Waals surface area contributed by atoms with Crippen LogP contribution < -0.4 is 5.32 Å². The Hall–Kier alpha value is -1.36. The Balaban J connectivity index is 2.86. The van der Waals surface area contributed by atoms with E-state index < -0.39 is 17.6 Å². The summed E-state index contributed by atoms with van der Waals surface area (Å²) in [7, 11) is 0. The quantitative estimate of drug-likeness (QED) is 0.634. The largest absolute Gasteiger partial charge is 0.419 e. The molecule has 1 nitrogen and oxygen atoms in total. The van der Waals surface area contributed by atoms with Gasteiger partial charge in [0.2, 0.25) is 0 Å². The average Bonchev–Trinajstić information content (AvgIpc) is 2.25. The van der Waals surface area contributed by atoms with Crippen molar-refractivity contribution in [3.63, 3.8) is 0 Å². The molecule has 0 aromatic heterocycles. The van der Waals surface area contributed by atoms with E-state index in [9.17, 15) is 17.6 Å². The van der Waals surface area contributed by atoms with Crippen molar-refractivity contribution in [1.82, 2.24) is 5.32 Å². The lowest BCUT2D eigenvalue weighted by Gasteiger charge is -2.08. The van der Waals surface area contributed by atoms with E-state index in [1.54, 1.807) is 6.08 Å². The summed E-state index contributed by atoms with van der Waals surface area (Å²) in [5.74, 6) is -1.25. The van der Waals surface area contributed by atoms with Crippen LogP contribution in [0.2, 0.25) is 0 Å². The summed E-state index contributed by atoms with van der Waals surface area (Å²) in [4.78, 5) is 0. The SMILES string of the molecule is CCNC/C=C/c1ccc(F)c(C(F)(F)F)c1. The highest BCUT2D eigenvalue weighted by Crippen LogP contribution is 2.32. The molecule has 1 N–H and O–H groups in total. The lowest BCUT2D eigenvalue weighted by Crippen LogP contribution is -2.11. The first-order valence-corrected chi connectivity index (χ1v) is 5.19. The summed E-state index contributed by atoms with van der Waals surface area (Å²) in [6, 6.07) is 2.94. The molecule has 0 saturated carbocycles. The number of hydrogen-bond acceptors (Lipinski definition) is 1. The van der Waals surface area contributed by atoms with E-state index in [2.05, 4.69) is 5.32 Å². The normalized spacial score (nSPS) is 12.3. The van der Waals surface area contributed by atoms with Crippen LogP contribution in [0.3, 0.4) is 0 Å². The van der Waals surface area contributed by atoms with Crippen molar-refractivity contribution < 1.29 is 17.6 Å². The molecule has 17 heavy (non-hydrogen) atoms. The van der Waals surface area contributed by atoms with E-state index in [1.807, 2.05) is 6.92 Å².